The number of benzene rings is 1. The summed E-state index contributed by atoms with van der Waals surface area (Å²) in [5, 5.41) is 10.3. The molecule has 1 aromatic carbocycles. The number of nitrogen functional groups attached to an aromatic ring is 1. The van der Waals surface area contributed by atoms with Crippen LogP contribution >= 0.6 is 0 Å². The molecule has 4 N–H and O–H groups in total. The first kappa shape index (κ1) is 10.9. The molecule has 78 valence electrons. The number of anilines is 1. The number of amides is 1. The first-order valence-electron chi connectivity index (χ1n) is 4.10. The monoisotopic (exact) mass is 208 g/mol. The minimum Gasteiger partial charge on any atom is -0.465 e. The Morgan fingerprint density at radius 1 is 1.60 bits per heavy atom. The molecule has 15 heavy (non-hydrogen) atoms. The SMILES string of the molecule is Nc1ccc(F)cc1C#CCNC(=O)O. The highest BCUT2D eigenvalue weighted by Crippen LogP contribution is 2.11. The maximum Gasteiger partial charge on any atom is 0.405 e. The van der Waals surface area contributed by atoms with Crippen LogP contribution in [0.25, 0.3) is 0 Å². The Morgan fingerprint density at radius 2 is 2.33 bits per heavy atom. The van der Waals surface area contributed by atoms with E-state index in [1.165, 1.54) is 18.2 Å². The number of rotatable bonds is 1. The molecule has 0 radical (unpaired) electrons. The molecular formula is C10H9FN2O2. The Bertz CT molecular complexity index is 435. The van der Waals surface area contributed by atoms with E-state index in [1.807, 2.05) is 0 Å². The molecule has 1 amide bonds. The normalized spacial score (nSPS) is 8.87. The highest BCUT2D eigenvalue weighted by molar-refractivity contribution is 5.65. The standard InChI is InChI=1S/C10H9FN2O2/c11-8-3-4-9(12)7(6-8)2-1-5-13-10(14)15/h3-4,6,13H,5,12H2,(H,14,15). The molecule has 1 rings (SSSR count). The molecule has 0 fully saturated rings. The van der Waals surface area contributed by atoms with Gasteiger partial charge in [0.25, 0.3) is 0 Å². The predicted octanol–water partition coefficient (Wildman–Crippen LogP) is 1.03. The molecule has 0 aliphatic heterocycles. The minimum absolute atomic E-state index is 0.0225. The van der Waals surface area contributed by atoms with Gasteiger partial charge in [0.2, 0.25) is 0 Å². The van der Waals surface area contributed by atoms with E-state index in [-0.39, 0.29) is 6.54 Å². The van der Waals surface area contributed by atoms with Gasteiger partial charge in [0.05, 0.1) is 12.1 Å². The van der Waals surface area contributed by atoms with Gasteiger partial charge in [-0.1, -0.05) is 11.8 Å². The van der Waals surface area contributed by atoms with Crippen molar-refractivity contribution in [1.29, 1.82) is 0 Å². The van der Waals surface area contributed by atoms with Crippen LogP contribution in [-0.4, -0.2) is 17.7 Å². The van der Waals surface area contributed by atoms with Gasteiger partial charge in [-0.25, -0.2) is 9.18 Å². The summed E-state index contributed by atoms with van der Waals surface area (Å²) in [6, 6.07) is 3.84. The lowest BCUT2D eigenvalue weighted by molar-refractivity contribution is 0.196. The van der Waals surface area contributed by atoms with E-state index in [9.17, 15) is 9.18 Å². The molecule has 0 aliphatic rings. The summed E-state index contributed by atoms with van der Waals surface area (Å²) in [5.41, 5.74) is 6.24. The van der Waals surface area contributed by atoms with Crippen LogP contribution in [0.3, 0.4) is 0 Å². The van der Waals surface area contributed by atoms with E-state index in [2.05, 4.69) is 17.2 Å². The first-order chi connectivity index (χ1) is 7.09. The number of halogens is 1. The summed E-state index contributed by atoms with van der Waals surface area (Å²) < 4.78 is 12.8. The summed E-state index contributed by atoms with van der Waals surface area (Å²) in [5.74, 6) is 4.65. The van der Waals surface area contributed by atoms with Crippen LogP contribution in [0, 0.1) is 17.7 Å². The van der Waals surface area contributed by atoms with E-state index in [0.717, 1.165) is 0 Å². The van der Waals surface area contributed by atoms with E-state index < -0.39 is 11.9 Å². The average Bonchev–Trinajstić information content (AvgIpc) is 2.17. The summed E-state index contributed by atoms with van der Waals surface area (Å²) in [4.78, 5) is 10.1. The van der Waals surface area contributed by atoms with Crippen molar-refractivity contribution in [2.75, 3.05) is 12.3 Å². The third-order valence-corrected chi connectivity index (χ3v) is 1.57. The molecular weight excluding hydrogens is 199 g/mol. The Balaban J connectivity index is 2.71. The van der Waals surface area contributed by atoms with Crippen LogP contribution in [0.15, 0.2) is 18.2 Å². The van der Waals surface area contributed by atoms with Gasteiger partial charge in [0.1, 0.15) is 5.82 Å². The van der Waals surface area contributed by atoms with Crippen LogP contribution in [0.1, 0.15) is 5.56 Å². The van der Waals surface area contributed by atoms with E-state index >= 15 is 0 Å². The van der Waals surface area contributed by atoms with Crippen molar-refractivity contribution >= 4 is 11.8 Å². The second-order valence-corrected chi connectivity index (χ2v) is 2.69. The molecule has 0 saturated heterocycles. The van der Waals surface area contributed by atoms with Crippen LogP contribution in [0.2, 0.25) is 0 Å². The third kappa shape index (κ3) is 3.56. The predicted molar refractivity (Wildman–Crippen MR) is 53.7 cm³/mol. The summed E-state index contributed by atoms with van der Waals surface area (Å²) >= 11 is 0. The lowest BCUT2D eigenvalue weighted by atomic mass is 10.2. The zero-order valence-corrected chi connectivity index (χ0v) is 7.75. The lowest BCUT2D eigenvalue weighted by Crippen LogP contribution is -2.20. The van der Waals surface area contributed by atoms with E-state index in [1.54, 1.807) is 0 Å². The molecule has 0 atom stereocenters. The quantitative estimate of drug-likeness (QED) is 0.476. The van der Waals surface area contributed by atoms with Crippen molar-refractivity contribution in [1.82, 2.24) is 5.32 Å². The van der Waals surface area contributed by atoms with Crippen molar-refractivity contribution in [3.05, 3.63) is 29.6 Å². The van der Waals surface area contributed by atoms with Gasteiger partial charge in [0, 0.05) is 5.69 Å². The van der Waals surface area contributed by atoms with Gasteiger partial charge in [-0.2, -0.15) is 0 Å². The second kappa shape index (κ2) is 4.86. The lowest BCUT2D eigenvalue weighted by Gasteiger charge is -1.97. The number of hydrogen-bond acceptors (Lipinski definition) is 2. The van der Waals surface area contributed by atoms with Crippen molar-refractivity contribution < 1.29 is 14.3 Å². The zero-order valence-electron chi connectivity index (χ0n) is 7.75. The van der Waals surface area contributed by atoms with Gasteiger partial charge in [-0.3, -0.25) is 0 Å². The van der Waals surface area contributed by atoms with Gasteiger partial charge in [-0.05, 0) is 18.2 Å². The van der Waals surface area contributed by atoms with Crippen LogP contribution in [0.4, 0.5) is 14.9 Å². The highest BCUT2D eigenvalue weighted by atomic mass is 19.1. The fourth-order valence-corrected chi connectivity index (χ4v) is 0.896. The molecule has 0 aliphatic carbocycles. The molecule has 1 aromatic rings. The summed E-state index contributed by atoms with van der Waals surface area (Å²) in [6.45, 7) is -0.0225. The van der Waals surface area contributed by atoms with Crippen LogP contribution in [0.5, 0.6) is 0 Å². The van der Waals surface area contributed by atoms with Crippen molar-refractivity contribution in [3.8, 4) is 11.8 Å². The number of hydrogen-bond donors (Lipinski definition) is 3. The topological polar surface area (TPSA) is 75.3 Å². The van der Waals surface area contributed by atoms with E-state index in [4.69, 9.17) is 10.8 Å². The van der Waals surface area contributed by atoms with Crippen molar-refractivity contribution in [3.63, 3.8) is 0 Å². The smallest absolute Gasteiger partial charge is 0.405 e. The Labute approximate surface area is 85.9 Å². The molecule has 0 bridgehead atoms. The molecule has 0 heterocycles. The fraction of sp³-hybridized carbons (Fsp3) is 0.100. The molecule has 0 aromatic heterocycles. The molecule has 0 saturated carbocycles. The van der Waals surface area contributed by atoms with Gasteiger partial charge < -0.3 is 16.2 Å². The van der Waals surface area contributed by atoms with Crippen LogP contribution in [-0.2, 0) is 0 Å². The first-order valence-corrected chi connectivity index (χ1v) is 4.10. The second-order valence-electron chi connectivity index (χ2n) is 2.69. The fourth-order valence-electron chi connectivity index (χ4n) is 0.896. The number of carboxylic acid groups (broad SMARTS) is 1. The highest BCUT2D eigenvalue weighted by Gasteiger charge is 1.96. The van der Waals surface area contributed by atoms with Crippen LogP contribution < -0.4 is 11.1 Å². The van der Waals surface area contributed by atoms with Gasteiger partial charge in [-0.15, -0.1) is 0 Å². The third-order valence-electron chi connectivity index (χ3n) is 1.57. The summed E-state index contributed by atoms with van der Waals surface area (Å²) in [6.07, 6.45) is -1.16. The molecule has 4 nitrogen and oxygen atoms in total. The number of nitrogens with two attached hydrogens (primary N) is 1. The maximum atomic E-state index is 12.8. The zero-order chi connectivity index (χ0) is 11.3. The summed E-state index contributed by atoms with van der Waals surface area (Å²) in [7, 11) is 0. The van der Waals surface area contributed by atoms with E-state index in [0.29, 0.717) is 11.3 Å². The molecule has 5 heteroatoms. The molecule has 0 spiro atoms. The van der Waals surface area contributed by atoms with Crippen molar-refractivity contribution in [2.24, 2.45) is 0 Å². The molecule has 0 unspecified atom stereocenters. The Morgan fingerprint density at radius 3 is 3.00 bits per heavy atom. The number of carbonyl (C=O) groups is 1. The van der Waals surface area contributed by atoms with Gasteiger partial charge >= 0.3 is 6.09 Å². The Kier molecular flexibility index (Phi) is 3.52. The maximum absolute atomic E-state index is 12.8. The minimum atomic E-state index is -1.16. The number of nitrogens with one attached hydrogen (secondary N) is 1. The largest absolute Gasteiger partial charge is 0.465 e. The van der Waals surface area contributed by atoms with Crippen molar-refractivity contribution in [2.45, 2.75) is 0 Å². The average molecular weight is 208 g/mol. The van der Waals surface area contributed by atoms with Gasteiger partial charge in [0.15, 0.2) is 0 Å². The Hall–Kier alpha value is -2.22.